The molecule has 3 heterocycles. The highest BCUT2D eigenvalue weighted by Crippen LogP contribution is 2.37. The normalized spacial score (nSPS) is 16.0. The molecule has 1 amide bonds. The van der Waals surface area contributed by atoms with Gasteiger partial charge in [0, 0.05) is 61.8 Å². The lowest BCUT2D eigenvalue weighted by atomic mass is 9.99. The number of carbonyl (C=O) groups excluding carboxylic acids is 2. The number of nitrogens with zero attached hydrogens (tertiary/aromatic N) is 5. The van der Waals surface area contributed by atoms with E-state index in [9.17, 15) is 9.59 Å². The van der Waals surface area contributed by atoms with Crippen LogP contribution in [0.4, 0.5) is 17.3 Å². The number of aryl methyl sites for hydroxylation is 1. The fraction of sp³-hybridized carbons (Fsp3) is 0.344. The molecule has 1 saturated heterocycles. The van der Waals surface area contributed by atoms with Crippen LogP contribution in [-0.4, -0.2) is 102 Å². The number of hydrogen-bond donors (Lipinski definition) is 3. The summed E-state index contributed by atoms with van der Waals surface area (Å²) in [5.74, 6) is -0.122. The number of likely N-dealkylation sites (N-methyl/N-ethyl adjacent to an activating group) is 1. The number of rotatable bonds is 9. The zero-order valence-corrected chi connectivity index (χ0v) is 25.3. The molecule has 4 aromatic rings. The van der Waals surface area contributed by atoms with Crippen LogP contribution in [0.3, 0.4) is 0 Å². The van der Waals surface area contributed by atoms with E-state index in [1.807, 2.05) is 31.2 Å². The number of amides is 1. The molecule has 44 heavy (non-hydrogen) atoms. The minimum Gasteiger partial charge on any atom is -0.464 e. The van der Waals surface area contributed by atoms with Crippen molar-refractivity contribution in [1.82, 2.24) is 30.0 Å². The molecule has 2 aromatic heterocycles. The number of ether oxygens (including phenoxy) is 2. The van der Waals surface area contributed by atoms with Gasteiger partial charge in [-0.25, -0.2) is 14.8 Å². The van der Waals surface area contributed by atoms with Crippen LogP contribution in [0.5, 0.6) is 0 Å². The molecule has 0 unspecified atom stereocenters. The maximum Gasteiger partial charge on any atom is 0.359 e. The highest BCUT2D eigenvalue weighted by Gasteiger charge is 2.30. The van der Waals surface area contributed by atoms with Crippen LogP contribution in [0, 0.1) is 6.92 Å². The molecule has 3 N–H and O–H groups in total. The first-order valence-corrected chi connectivity index (χ1v) is 14.6. The number of fused-ring (bicyclic) bond motifs is 2. The third-order valence-corrected chi connectivity index (χ3v) is 8.26. The average molecular weight is 597 g/mol. The van der Waals surface area contributed by atoms with Gasteiger partial charge >= 0.3 is 5.97 Å². The van der Waals surface area contributed by atoms with Gasteiger partial charge < -0.3 is 25.0 Å². The Kier molecular flexibility index (Phi) is 8.38. The molecule has 2 aromatic carbocycles. The molecule has 1 fully saturated rings. The molecule has 0 spiro atoms. The van der Waals surface area contributed by atoms with Gasteiger partial charge in [0.25, 0.3) is 0 Å². The number of benzene rings is 2. The summed E-state index contributed by atoms with van der Waals surface area (Å²) in [6.07, 6.45) is 4.62. The van der Waals surface area contributed by atoms with E-state index in [0.29, 0.717) is 29.9 Å². The minimum atomic E-state index is -0.499. The van der Waals surface area contributed by atoms with E-state index in [1.165, 1.54) is 7.11 Å². The van der Waals surface area contributed by atoms with Crippen LogP contribution in [0.25, 0.3) is 16.5 Å². The molecular formula is C32H36N8O4. The van der Waals surface area contributed by atoms with Gasteiger partial charge in [-0.15, -0.1) is 0 Å². The van der Waals surface area contributed by atoms with Crippen molar-refractivity contribution < 1.29 is 19.1 Å². The summed E-state index contributed by atoms with van der Waals surface area (Å²) in [4.78, 5) is 39.4. The van der Waals surface area contributed by atoms with E-state index in [0.717, 1.165) is 65.5 Å². The number of esters is 1. The molecule has 1 aliphatic heterocycles. The first-order valence-electron chi connectivity index (χ1n) is 14.6. The number of H-pyrrole nitrogens is 1. The number of piperazine rings is 1. The second-order valence-electron chi connectivity index (χ2n) is 11.1. The monoisotopic (exact) mass is 596 g/mol. The van der Waals surface area contributed by atoms with E-state index in [1.54, 1.807) is 19.4 Å². The van der Waals surface area contributed by atoms with Gasteiger partial charge in [0.15, 0.2) is 5.69 Å². The Morgan fingerprint density at radius 2 is 1.93 bits per heavy atom. The minimum absolute atomic E-state index is 0.0594. The second kappa shape index (κ2) is 12.5. The van der Waals surface area contributed by atoms with Crippen molar-refractivity contribution in [1.29, 1.82) is 0 Å². The van der Waals surface area contributed by atoms with Crippen LogP contribution in [0.2, 0.25) is 0 Å². The lowest BCUT2D eigenvalue weighted by Crippen LogP contribution is -2.54. The van der Waals surface area contributed by atoms with Gasteiger partial charge in [0.2, 0.25) is 11.9 Å². The predicted octanol–water partition coefficient (Wildman–Crippen LogP) is 3.38. The van der Waals surface area contributed by atoms with Gasteiger partial charge in [-0.05, 0) is 61.3 Å². The van der Waals surface area contributed by atoms with Gasteiger partial charge in [-0.1, -0.05) is 18.2 Å². The molecule has 6 rings (SSSR count). The molecule has 1 atom stereocenters. The molecule has 1 aliphatic carbocycles. The first kappa shape index (κ1) is 29.4. The lowest BCUT2D eigenvalue weighted by molar-refractivity contribution is -0.124. The van der Waals surface area contributed by atoms with Gasteiger partial charge in [0.05, 0.1) is 24.9 Å². The van der Waals surface area contributed by atoms with E-state index in [4.69, 9.17) is 14.5 Å². The van der Waals surface area contributed by atoms with Crippen molar-refractivity contribution >= 4 is 45.7 Å². The maximum atomic E-state index is 13.5. The van der Waals surface area contributed by atoms with Crippen LogP contribution in [0.15, 0.2) is 48.7 Å². The number of carbonyl (C=O) groups is 2. The van der Waals surface area contributed by atoms with Gasteiger partial charge in [0.1, 0.15) is 6.04 Å². The molecule has 0 saturated carbocycles. The lowest BCUT2D eigenvalue weighted by Gasteiger charge is -2.36. The largest absolute Gasteiger partial charge is 0.464 e. The summed E-state index contributed by atoms with van der Waals surface area (Å²) in [7, 11) is 5.06. The third-order valence-electron chi connectivity index (χ3n) is 8.26. The molecule has 0 bridgehead atoms. The Morgan fingerprint density at radius 3 is 2.70 bits per heavy atom. The Labute approximate surface area is 255 Å². The van der Waals surface area contributed by atoms with Crippen molar-refractivity contribution in [3.05, 3.63) is 76.7 Å². The summed E-state index contributed by atoms with van der Waals surface area (Å²) >= 11 is 0. The first-order chi connectivity index (χ1) is 21.4. The summed E-state index contributed by atoms with van der Waals surface area (Å²) in [6, 6.07) is 11.1. The topological polar surface area (TPSA) is 138 Å². The van der Waals surface area contributed by atoms with Crippen molar-refractivity contribution in [3.63, 3.8) is 0 Å². The second-order valence-corrected chi connectivity index (χ2v) is 11.1. The molecule has 12 nitrogen and oxygen atoms in total. The van der Waals surface area contributed by atoms with Crippen LogP contribution in [0.1, 0.15) is 32.9 Å². The number of aromatic nitrogens is 4. The summed E-state index contributed by atoms with van der Waals surface area (Å²) in [6.45, 7) is 5.81. The quantitative estimate of drug-likeness (QED) is 0.247. The SMILES string of the molecule is COC[C@H](C(=O)Nc1cccc2c1CC=C2c1nc(Nc2ccc3c(C(=O)OC)n[nH]c3c2)ncc1C)N1CCN(C)CC1. The Hall–Kier alpha value is -4.65. The number of hydrogen-bond acceptors (Lipinski definition) is 10. The summed E-state index contributed by atoms with van der Waals surface area (Å²) in [5.41, 5.74) is 7.31. The van der Waals surface area contributed by atoms with Crippen molar-refractivity contribution in [2.75, 3.05) is 64.7 Å². The van der Waals surface area contributed by atoms with E-state index < -0.39 is 5.97 Å². The van der Waals surface area contributed by atoms with Crippen LogP contribution >= 0.6 is 0 Å². The standard InChI is InChI=1S/C32H36N8O4/c1-19-17-33-32(34-20-8-9-24-26(16-20)37-38-29(24)31(42)44-4)36-28(19)23-11-10-22-21(23)6-5-7-25(22)35-30(41)27(18-43-3)40-14-12-39(2)13-15-40/h5-9,11,16-17,27H,10,12-15,18H2,1-4H3,(H,35,41)(H,37,38)(H,33,34,36)/t27-/m1/s1. The number of anilines is 3. The number of nitrogens with one attached hydrogen (secondary N) is 3. The smallest absolute Gasteiger partial charge is 0.359 e. The van der Waals surface area contributed by atoms with Crippen LogP contribution < -0.4 is 10.6 Å². The zero-order valence-electron chi connectivity index (χ0n) is 25.3. The molecule has 0 radical (unpaired) electrons. The Morgan fingerprint density at radius 1 is 1.11 bits per heavy atom. The van der Waals surface area contributed by atoms with Crippen molar-refractivity contribution in [2.24, 2.45) is 0 Å². The highest BCUT2D eigenvalue weighted by atomic mass is 16.5. The van der Waals surface area contributed by atoms with Gasteiger partial charge in [-0.2, -0.15) is 5.10 Å². The number of aromatic amines is 1. The zero-order chi connectivity index (χ0) is 30.8. The molecule has 12 heteroatoms. The molecular weight excluding hydrogens is 560 g/mol. The van der Waals surface area contributed by atoms with Gasteiger partial charge in [-0.3, -0.25) is 14.8 Å². The third kappa shape index (κ3) is 5.79. The fourth-order valence-corrected chi connectivity index (χ4v) is 5.82. The molecule has 228 valence electrons. The van der Waals surface area contributed by atoms with E-state index >= 15 is 0 Å². The fourth-order valence-electron chi connectivity index (χ4n) is 5.82. The maximum absolute atomic E-state index is 13.5. The summed E-state index contributed by atoms with van der Waals surface area (Å²) in [5, 5.41) is 14.1. The molecule has 2 aliphatic rings. The Bertz CT molecular complexity index is 1740. The van der Waals surface area contributed by atoms with Crippen LogP contribution in [-0.2, 0) is 20.7 Å². The van der Waals surface area contributed by atoms with E-state index in [-0.39, 0.29) is 17.6 Å². The van der Waals surface area contributed by atoms with Crippen molar-refractivity contribution in [3.8, 4) is 0 Å². The summed E-state index contributed by atoms with van der Waals surface area (Å²) < 4.78 is 10.3. The number of methoxy groups -OCH3 is 2. The average Bonchev–Trinajstić information content (AvgIpc) is 3.66. The Balaban J connectivity index is 1.21. The van der Waals surface area contributed by atoms with E-state index in [2.05, 4.69) is 54.8 Å². The highest BCUT2D eigenvalue weighted by molar-refractivity contribution is 6.02. The number of allylic oxidation sites excluding steroid dienone is 1. The van der Waals surface area contributed by atoms with Crippen molar-refractivity contribution in [2.45, 2.75) is 19.4 Å². The predicted molar refractivity (Wildman–Crippen MR) is 168 cm³/mol.